The number of hydrogen-bond donors (Lipinski definition) is 0. The first-order valence-electron chi connectivity index (χ1n) is 15.6. The van der Waals surface area contributed by atoms with Gasteiger partial charge in [0.1, 0.15) is 0 Å². The van der Waals surface area contributed by atoms with Gasteiger partial charge < -0.3 is 4.57 Å². The minimum absolute atomic E-state index is 0.217. The lowest BCUT2D eigenvalue weighted by Gasteiger charge is -2.23. The number of para-hydroxylation sites is 1. The number of aromatic nitrogens is 1. The first-order valence-corrected chi connectivity index (χ1v) is 16.4. The van der Waals surface area contributed by atoms with E-state index in [1.807, 2.05) is 18.3 Å². The molecule has 1 nitrogen and oxygen atoms in total. The van der Waals surface area contributed by atoms with Crippen LogP contribution in [0, 0.1) is 5.92 Å². The maximum atomic E-state index is 4.49. The predicted octanol–water partition coefficient (Wildman–Crippen LogP) is 12.3. The maximum absolute atomic E-state index is 4.49. The summed E-state index contributed by atoms with van der Waals surface area (Å²) in [4.78, 5) is 0. The van der Waals surface area contributed by atoms with Crippen molar-refractivity contribution in [2.24, 2.45) is 5.92 Å². The number of hydrogen-bond acceptors (Lipinski definition) is 1. The van der Waals surface area contributed by atoms with Gasteiger partial charge in [0, 0.05) is 36.9 Å². The number of nitrogens with zero attached hydrogens (tertiary/aromatic N) is 1. The summed E-state index contributed by atoms with van der Waals surface area (Å²) < 4.78 is 5.13. The van der Waals surface area contributed by atoms with Crippen molar-refractivity contribution in [2.45, 2.75) is 13.3 Å². The molecular formula is C43H33NS. The van der Waals surface area contributed by atoms with E-state index in [-0.39, 0.29) is 5.92 Å². The van der Waals surface area contributed by atoms with Crippen molar-refractivity contribution in [1.29, 1.82) is 0 Å². The summed E-state index contributed by atoms with van der Waals surface area (Å²) >= 11 is 1.87. The second-order valence-corrected chi connectivity index (χ2v) is 12.8. The Morgan fingerprint density at radius 2 is 1.49 bits per heavy atom. The van der Waals surface area contributed by atoms with Crippen LogP contribution in [0.15, 0.2) is 164 Å². The molecule has 2 heteroatoms. The minimum Gasteiger partial charge on any atom is -0.309 e. The van der Waals surface area contributed by atoms with Gasteiger partial charge in [-0.15, -0.1) is 11.3 Å². The summed E-state index contributed by atoms with van der Waals surface area (Å²) in [7, 11) is 0. The molecule has 5 aromatic carbocycles. The highest BCUT2D eigenvalue weighted by Crippen LogP contribution is 2.43. The number of thiophene rings is 1. The zero-order valence-electron chi connectivity index (χ0n) is 25.3. The predicted molar refractivity (Wildman–Crippen MR) is 197 cm³/mol. The van der Waals surface area contributed by atoms with E-state index in [1.165, 1.54) is 69.9 Å². The van der Waals surface area contributed by atoms with Gasteiger partial charge in [-0.05, 0) is 71.5 Å². The highest BCUT2D eigenvalue weighted by atomic mass is 32.1. The van der Waals surface area contributed by atoms with Crippen LogP contribution in [0.2, 0.25) is 0 Å². The Bertz CT molecular complexity index is 2370. The molecule has 1 aliphatic rings. The van der Waals surface area contributed by atoms with Gasteiger partial charge >= 0.3 is 0 Å². The highest BCUT2D eigenvalue weighted by molar-refractivity contribution is 7.25. The molecule has 2 aromatic heterocycles. The number of allylic oxidation sites excluding steroid dienone is 9. The van der Waals surface area contributed by atoms with Crippen LogP contribution in [0.1, 0.15) is 24.5 Å². The average molecular weight is 596 g/mol. The molecule has 0 aliphatic heterocycles. The molecule has 0 N–H and O–H groups in total. The molecule has 1 atom stereocenters. The molecule has 0 saturated carbocycles. The average Bonchev–Trinajstić information content (AvgIpc) is 3.64. The van der Waals surface area contributed by atoms with Gasteiger partial charge in [0.25, 0.3) is 0 Å². The van der Waals surface area contributed by atoms with E-state index in [0.29, 0.717) is 0 Å². The molecule has 45 heavy (non-hydrogen) atoms. The summed E-state index contributed by atoms with van der Waals surface area (Å²) in [6, 6.07) is 42.1. The zero-order chi connectivity index (χ0) is 30.3. The zero-order valence-corrected chi connectivity index (χ0v) is 26.1. The van der Waals surface area contributed by atoms with E-state index < -0.39 is 0 Å². The van der Waals surface area contributed by atoms with E-state index >= 15 is 0 Å². The van der Waals surface area contributed by atoms with E-state index in [9.17, 15) is 0 Å². The Labute approximate surface area is 268 Å². The minimum atomic E-state index is 0.217. The second-order valence-electron chi connectivity index (χ2n) is 11.8. The Morgan fingerprint density at radius 3 is 2.36 bits per heavy atom. The van der Waals surface area contributed by atoms with Crippen LogP contribution in [0.5, 0.6) is 0 Å². The Hall–Kier alpha value is -5.18. The topological polar surface area (TPSA) is 4.93 Å². The summed E-state index contributed by atoms with van der Waals surface area (Å²) in [5.74, 6) is 0.217. The van der Waals surface area contributed by atoms with Crippen LogP contribution in [0.3, 0.4) is 0 Å². The lowest BCUT2D eigenvalue weighted by molar-refractivity contribution is 0.806. The Morgan fingerprint density at radius 1 is 0.733 bits per heavy atom. The van der Waals surface area contributed by atoms with Crippen LogP contribution < -0.4 is 0 Å². The third-order valence-corrected chi connectivity index (χ3v) is 10.1. The summed E-state index contributed by atoms with van der Waals surface area (Å²) in [6.07, 6.45) is 14.0. The van der Waals surface area contributed by atoms with Gasteiger partial charge in [-0.3, -0.25) is 0 Å². The van der Waals surface area contributed by atoms with Crippen LogP contribution >= 0.6 is 11.3 Å². The molecule has 0 bridgehead atoms. The molecule has 0 saturated heterocycles. The normalized spacial score (nSPS) is 15.5. The summed E-state index contributed by atoms with van der Waals surface area (Å²) in [5.41, 5.74) is 9.89. The van der Waals surface area contributed by atoms with E-state index in [2.05, 4.69) is 163 Å². The van der Waals surface area contributed by atoms with Gasteiger partial charge in [0.2, 0.25) is 0 Å². The largest absolute Gasteiger partial charge is 0.309 e. The van der Waals surface area contributed by atoms with Crippen LogP contribution in [-0.2, 0) is 0 Å². The fraction of sp³-hybridized carbons (Fsp3) is 0.0698. The van der Waals surface area contributed by atoms with Crippen molar-refractivity contribution < 1.29 is 0 Å². The van der Waals surface area contributed by atoms with Crippen LogP contribution in [0.4, 0.5) is 0 Å². The van der Waals surface area contributed by atoms with Crippen LogP contribution in [-0.4, -0.2) is 4.57 Å². The van der Waals surface area contributed by atoms with Crippen molar-refractivity contribution in [3.8, 4) is 5.69 Å². The Kier molecular flexibility index (Phi) is 6.93. The first kappa shape index (κ1) is 27.4. The van der Waals surface area contributed by atoms with Crippen LogP contribution in [0.25, 0.3) is 58.8 Å². The smallest absolute Gasteiger partial charge is 0.0555 e. The van der Waals surface area contributed by atoms with E-state index in [1.54, 1.807) is 0 Å². The Balaban J connectivity index is 1.34. The first-order chi connectivity index (χ1) is 22.2. The quantitative estimate of drug-likeness (QED) is 0.169. The third kappa shape index (κ3) is 4.79. The molecular weight excluding hydrogens is 563 g/mol. The van der Waals surface area contributed by atoms with Crippen molar-refractivity contribution >= 4 is 64.5 Å². The molecule has 1 unspecified atom stereocenters. The lowest BCUT2D eigenvalue weighted by Crippen LogP contribution is -2.06. The van der Waals surface area contributed by atoms with Crippen molar-refractivity contribution in [3.05, 3.63) is 175 Å². The van der Waals surface area contributed by atoms with Gasteiger partial charge in [0.15, 0.2) is 0 Å². The number of rotatable bonds is 6. The summed E-state index contributed by atoms with van der Waals surface area (Å²) in [6.45, 7) is 6.53. The third-order valence-electron chi connectivity index (χ3n) is 9.01. The van der Waals surface area contributed by atoms with Crippen molar-refractivity contribution in [3.63, 3.8) is 0 Å². The summed E-state index contributed by atoms with van der Waals surface area (Å²) in [5, 5.41) is 5.19. The van der Waals surface area contributed by atoms with E-state index in [4.69, 9.17) is 0 Å². The van der Waals surface area contributed by atoms with Gasteiger partial charge in [0.05, 0.1) is 16.7 Å². The monoisotopic (exact) mass is 595 g/mol. The number of benzene rings is 5. The highest BCUT2D eigenvalue weighted by Gasteiger charge is 2.21. The lowest BCUT2D eigenvalue weighted by atomic mass is 9.81. The van der Waals surface area contributed by atoms with Gasteiger partial charge in [-0.1, -0.05) is 128 Å². The second kappa shape index (κ2) is 11.4. The molecule has 8 rings (SSSR count). The fourth-order valence-electron chi connectivity index (χ4n) is 6.84. The van der Waals surface area contributed by atoms with Gasteiger partial charge in [-0.25, -0.2) is 0 Å². The molecule has 0 fully saturated rings. The van der Waals surface area contributed by atoms with Gasteiger partial charge in [-0.2, -0.15) is 0 Å². The SMILES string of the molecule is C=C(/C=C\C=C/C)C1C=C(c2ccccc2)C=C(c2ccc3c4ccccc4n(-c4cccc5sc6ccccc6c45)c3c2)C1. The molecule has 0 spiro atoms. The van der Waals surface area contributed by atoms with Crippen molar-refractivity contribution in [2.75, 3.05) is 0 Å². The molecule has 1 aliphatic carbocycles. The number of fused-ring (bicyclic) bond motifs is 6. The molecule has 2 heterocycles. The molecule has 0 amide bonds. The fourth-order valence-corrected chi connectivity index (χ4v) is 7.97. The molecule has 7 aromatic rings. The molecule has 216 valence electrons. The molecule has 0 radical (unpaired) electrons. The van der Waals surface area contributed by atoms with Crippen molar-refractivity contribution in [1.82, 2.24) is 4.57 Å². The maximum Gasteiger partial charge on any atom is 0.0555 e. The van der Waals surface area contributed by atoms with E-state index in [0.717, 1.165) is 12.0 Å². The standard InChI is InChI=1S/C43H33NS/c1-3-4-6-14-29(2)32-25-33(30-15-7-5-8-16-30)27-34(26-32)31-23-24-36-35-17-9-11-19-38(35)44(40(36)28-31)39-20-13-22-42-43(39)37-18-10-12-21-41(37)45-42/h3-25,27-28,32H,2,26H2,1H3/b4-3-,14-6-.